The molecule has 3 unspecified atom stereocenters. The van der Waals surface area contributed by atoms with Crippen LogP contribution >= 0.6 is 0 Å². The first-order chi connectivity index (χ1) is 10.8. The van der Waals surface area contributed by atoms with Gasteiger partial charge in [-0.25, -0.2) is 5.43 Å². The number of nitrogens with zero attached hydrogens (tertiary/aromatic N) is 1. The summed E-state index contributed by atoms with van der Waals surface area (Å²) in [6.07, 6.45) is 2.70. The second kappa shape index (κ2) is 6.56. The summed E-state index contributed by atoms with van der Waals surface area (Å²) in [7, 11) is 0. The van der Waals surface area contributed by atoms with Crippen LogP contribution < -0.4 is 5.43 Å². The summed E-state index contributed by atoms with van der Waals surface area (Å²) in [6.45, 7) is 2.06. The monoisotopic (exact) mass is 292 g/mol. The van der Waals surface area contributed by atoms with Crippen molar-refractivity contribution >= 4 is 12.1 Å². The first-order valence-corrected chi connectivity index (χ1v) is 7.68. The first kappa shape index (κ1) is 14.5. The summed E-state index contributed by atoms with van der Waals surface area (Å²) in [5.74, 6) is 0.616. The van der Waals surface area contributed by atoms with Crippen molar-refractivity contribution in [3.05, 3.63) is 71.8 Å². The van der Waals surface area contributed by atoms with E-state index in [-0.39, 0.29) is 17.7 Å². The molecule has 1 aliphatic carbocycles. The Morgan fingerprint density at radius 1 is 1.14 bits per heavy atom. The summed E-state index contributed by atoms with van der Waals surface area (Å²) in [6, 6.07) is 20.3. The van der Waals surface area contributed by atoms with Gasteiger partial charge in [0.1, 0.15) is 0 Å². The smallest absolute Gasteiger partial charge is 0.243 e. The molecule has 3 atom stereocenters. The molecule has 0 bridgehead atoms. The average molecular weight is 292 g/mol. The van der Waals surface area contributed by atoms with Crippen LogP contribution in [-0.2, 0) is 4.79 Å². The van der Waals surface area contributed by atoms with Crippen molar-refractivity contribution in [2.24, 2.45) is 11.0 Å². The zero-order valence-corrected chi connectivity index (χ0v) is 12.6. The highest BCUT2D eigenvalue weighted by Crippen LogP contribution is 2.47. The predicted octanol–water partition coefficient (Wildman–Crippen LogP) is 3.70. The molecule has 0 radical (unpaired) electrons. The first-order valence-electron chi connectivity index (χ1n) is 7.68. The number of rotatable bonds is 5. The van der Waals surface area contributed by atoms with Crippen LogP contribution in [0, 0.1) is 5.92 Å². The highest BCUT2D eigenvalue weighted by molar-refractivity contribution is 5.83. The zero-order valence-electron chi connectivity index (χ0n) is 12.6. The van der Waals surface area contributed by atoms with Gasteiger partial charge in [0.05, 0.1) is 0 Å². The number of carbonyl (C=O) groups excluding carboxylic acids is 1. The summed E-state index contributed by atoms with van der Waals surface area (Å²) in [4.78, 5) is 12.1. The molecule has 1 aliphatic rings. The summed E-state index contributed by atoms with van der Waals surface area (Å²) >= 11 is 0. The molecule has 0 spiro atoms. The Balaban J connectivity index is 1.50. The molecule has 1 amide bonds. The quantitative estimate of drug-likeness (QED) is 0.662. The molecule has 3 rings (SSSR count). The average Bonchev–Trinajstić information content (AvgIpc) is 3.37. The van der Waals surface area contributed by atoms with E-state index in [9.17, 15) is 4.79 Å². The lowest BCUT2D eigenvalue weighted by atomic mass is 10.0. The molecule has 112 valence electrons. The Kier molecular flexibility index (Phi) is 4.33. The molecule has 1 N–H and O–H groups in total. The summed E-state index contributed by atoms with van der Waals surface area (Å²) < 4.78 is 0. The number of hydrazone groups is 1. The van der Waals surface area contributed by atoms with Gasteiger partial charge >= 0.3 is 0 Å². The lowest BCUT2D eigenvalue weighted by Crippen LogP contribution is -2.20. The Morgan fingerprint density at radius 2 is 1.77 bits per heavy atom. The Hall–Kier alpha value is -2.42. The fraction of sp³-hybridized carbons (Fsp3) is 0.263. The molecule has 3 heteroatoms. The van der Waals surface area contributed by atoms with E-state index in [1.54, 1.807) is 6.21 Å². The molecular weight excluding hydrogens is 272 g/mol. The van der Waals surface area contributed by atoms with Crippen molar-refractivity contribution in [2.45, 2.75) is 25.2 Å². The van der Waals surface area contributed by atoms with Crippen LogP contribution in [0.25, 0.3) is 0 Å². The van der Waals surface area contributed by atoms with Crippen molar-refractivity contribution in [2.75, 3.05) is 0 Å². The van der Waals surface area contributed by atoms with E-state index < -0.39 is 0 Å². The van der Waals surface area contributed by atoms with E-state index in [0.717, 1.165) is 6.42 Å². The highest BCUT2D eigenvalue weighted by Gasteiger charge is 2.43. The molecule has 0 saturated heterocycles. The van der Waals surface area contributed by atoms with Crippen molar-refractivity contribution in [3.8, 4) is 0 Å². The van der Waals surface area contributed by atoms with Gasteiger partial charge < -0.3 is 0 Å². The second-order valence-electron chi connectivity index (χ2n) is 5.81. The SMILES string of the molecule is CC(C=NNC(=O)C1CC1c1ccccc1)c1ccccc1. The van der Waals surface area contributed by atoms with Gasteiger partial charge in [0.15, 0.2) is 0 Å². The summed E-state index contributed by atoms with van der Waals surface area (Å²) in [5.41, 5.74) is 5.10. The van der Waals surface area contributed by atoms with Crippen LogP contribution in [0.3, 0.4) is 0 Å². The number of amides is 1. The van der Waals surface area contributed by atoms with Gasteiger partial charge in [0, 0.05) is 18.1 Å². The predicted molar refractivity (Wildman–Crippen MR) is 88.8 cm³/mol. The Morgan fingerprint density at radius 3 is 2.45 bits per heavy atom. The molecule has 1 saturated carbocycles. The standard InChI is InChI=1S/C19H20N2O/c1-14(15-8-4-2-5-9-15)13-20-21-19(22)18-12-17(18)16-10-6-3-7-11-16/h2-11,13-14,17-18H,12H2,1H3,(H,21,22). The normalized spacial score (nSPS) is 21.5. The molecule has 0 heterocycles. The van der Waals surface area contributed by atoms with Crippen LogP contribution in [-0.4, -0.2) is 12.1 Å². The topological polar surface area (TPSA) is 41.5 Å². The van der Waals surface area contributed by atoms with Gasteiger partial charge in [-0.1, -0.05) is 67.6 Å². The van der Waals surface area contributed by atoms with Crippen LogP contribution in [0.1, 0.15) is 36.3 Å². The van der Waals surface area contributed by atoms with Crippen molar-refractivity contribution in [3.63, 3.8) is 0 Å². The van der Waals surface area contributed by atoms with Crippen LogP contribution in [0.4, 0.5) is 0 Å². The van der Waals surface area contributed by atoms with Crippen molar-refractivity contribution < 1.29 is 4.79 Å². The fourth-order valence-electron chi connectivity index (χ4n) is 2.69. The minimum Gasteiger partial charge on any atom is -0.273 e. The number of benzene rings is 2. The van der Waals surface area contributed by atoms with E-state index in [2.05, 4.69) is 41.7 Å². The maximum atomic E-state index is 12.1. The van der Waals surface area contributed by atoms with Gasteiger partial charge in [0.2, 0.25) is 5.91 Å². The van der Waals surface area contributed by atoms with E-state index in [0.29, 0.717) is 5.92 Å². The van der Waals surface area contributed by atoms with Crippen molar-refractivity contribution in [1.29, 1.82) is 0 Å². The highest BCUT2D eigenvalue weighted by atomic mass is 16.2. The van der Waals surface area contributed by atoms with E-state index in [1.807, 2.05) is 36.4 Å². The largest absolute Gasteiger partial charge is 0.273 e. The minimum absolute atomic E-state index is 0.0189. The lowest BCUT2D eigenvalue weighted by molar-refractivity contribution is -0.122. The molecular formula is C19H20N2O. The molecule has 22 heavy (non-hydrogen) atoms. The number of hydrogen-bond donors (Lipinski definition) is 1. The maximum absolute atomic E-state index is 12.1. The number of carbonyl (C=O) groups is 1. The minimum atomic E-state index is 0.0189. The van der Waals surface area contributed by atoms with Gasteiger partial charge in [-0.05, 0) is 23.5 Å². The van der Waals surface area contributed by atoms with Crippen LogP contribution in [0.15, 0.2) is 65.8 Å². The van der Waals surface area contributed by atoms with Crippen LogP contribution in [0.2, 0.25) is 0 Å². The van der Waals surface area contributed by atoms with Crippen LogP contribution in [0.5, 0.6) is 0 Å². The zero-order chi connectivity index (χ0) is 15.4. The number of nitrogens with one attached hydrogen (secondary N) is 1. The molecule has 2 aromatic rings. The van der Waals surface area contributed by atoms with Crippen molar-refractivity contribution in [1.82, 2.24) is 5.43 Å². The van der Waals surface area contributed by atoms with Gasteiger partial charge in [-0.3, -0.25) is 4.79 Å². The second-order valence-corrected chi connectivity index (χ2v) is 5.81. The van der Waals surface area contributed by atoms with Gasteiger partial charge in [-0.15, -0.1) is 0 Å². The molecule has 0 aromatic heterocycles. The fourth-order valence-corrected chi connectivity index (χ4v) is 2.69. The van der Waals surface area contributed by atoms with E-state index in [1.165, 1.54) is 11.1 Å². The van der Waals surface area contributed by atoms with E-state index >= 15 is 0 Å². The molecule has 2 aromatic carbocycles. The van der Waals surface area contributed by atoms with Gasteiger partial charge in [-0.2, -0.15) is 5.10 Å². The Bertz CT molecular complexity index is 652. The van der Waals surface area contributed by atoms with Gasteiger partial charge in [0.25, 0.3) is 0 Å². The molecule has 1 fully saturated rings. The third kappa shape index (κ3) is 3.42. The third-order valence-electron chi connectivity index (χ3n) is 4.15. The Labute approximate surface area is 131 Å². The molecule has 3 nitrogen and oxygen atoms in total. The maximum Gasteiger partial charge on any atom is 0.243 e. The van der Waals surface area contributed by atoms with E-state index in [4.69, 9.17) is 0 Å². The molecule has 0 aliphatic heterocycles. The lowest BCUT2D eigenvalue weighted by Gasteiger charge is -2.05. The third-order valence-corrected chi connectivity index (χ3v) is 4.15. The number of hydrogen-bond acceptors (Lipinski definition) is 2. The summed E-state index contributed by atoms with van der Waals surface area (Å²) in [5, 5.41) is 4.11.